The van der Waals surface area contributed by atoms with Crippen molar-refractivity contribution in [3.63, 3.8) is 0 Å². The number of benzene rings is 2. The molecule has 2 aromatic carbocycles. The Balaban J connectivity index is 1.64. The smallest absolute Gasteiger partial charge is 0.261 e. The zero-order chi connectivity index (χ0) is 20.0. The Bertz CT molecular complexity index is 887. The summed E-state index contributed by atoms with van der Waals surface area (Å²) >= 11 is 0. The molecule has 0 aliphatic heterocycles. The van der Waals surface area contributed by atoms with E-state index in [2.05, 4.69) is 10.0 Å². The highest BCUT2D eigenvalue weighted by atomic mass is 32.2. The minimum Gasteiger partial charge on any atom is -0.494 e. The molecule has 6 nitrogen and oxygen atoms in total. The van der Waals surface area contributed by atoms with E-state index in [0.717, 1.165) is 25.7 Å². The van der Waals surface area contributed by atoms with E-state index >= 15 is 0 Å². The Morgan fingerprint density at radius 2 is 1.64 bits per heavy atom. The first kappa shape index (κ1) is 20.2. The summed E-state index contributed by atoms with van der Waals surface area (Å²) in [5, 5.41) is 3.03. The van der Waals surface area contributed by atoms with Crippen molar-refractivity contribution in [3.05, 3.63) is 54.1 Å². The van der Waals surface area contributed by atoms with Gasteiger partial charge in [-0.25, -0.2) is 8.42 Å². The van der Waals surface area contributed by atoms with Crippen LogP contribution in [0, 0.1) is 0 Å². The second-order valence-electron chi connectivity index (χ2n) is 6.90. The molecule has 0 spiro atoms. The Hall–Kier alpha value is -2.54. The third-order valence-electron chi connectivity index (χ3n) is 4.78. The van der Waals surface area contributed by atoms with Gasteiger partial charge in [-0.1, -0.05) is 19.3 Å². The monoisotopic (exact) mass is 402 g/mol. The van der Waals surface area contributed by atoms with Crippen LogP contribution >= 0.6 is 0 Å². The molecule has 0 saturated heterocycles. The number of anilines is 1. The van der Waals surface area contributed by atoms with Crippen LogP contribution in [0.1, 0.15) is 49.4 Å². The van der Waals surface area contributed by atoms with Crippen LogP contribution in [0.4, 0.5) is 5.69 Å². The molecule has 3 rings (SSSR count). The standard InChI is InChI=1S/C21H26N2O4S/c1-2-27-19-12-10-18(11-13-19)23-28(25,26)20-14-8-16(9-15-20)21(24)22-17-6-4-3-5-7-17/h8-15,17,23H,2-7H2,1H3,(H,22,24). The van der Waals surface area contributed by atoms with Gasteiger partial charge in [0.15, 0.2) is 0 Å². The number of nitrogens with one attached hydrogen (secondary N) is 2. The predicted octanol–water partition coefficient (Wildman–Crippen LogP) is 3.95. The summed E-state index contributed by atoms with van der Waals surface area (Å²) in [5.41, 5.74) is 0.910. The van der Waals surface area contributed by atoms with Crippen LogP contribution in [-0.2, 0) is 10.0 Å². The van der Waals surface area contributed by atoms with E-state index in [1.54, 1.807) is 36.4 Å². The Morgan fingerprint density at radius 1 is 1.00 bits per heavy atom. The number of ether oxygens (including phenoxy) is 1. The maximum atomic E-state index is 12.6. The van der Waals surface area contributed by atoms with Crippen molar-refractivity contribution in [2.45, 2.75) is 50.0 Å². The van der Waals surface area contributed by atoms with Gasteiger partial charge in [-0.15, -0.1) is 0 Å². The maximum Gasteiger partial charge on any atom is 0.261 e. The average Bonchev–Trinajstić information content (AvgIpc) is 2.70. The van der Waals surface area contributed by atoms with Gasteiger partial charge >= 0.3 is 0 Å². The van der Waals surface area contributed by atoms with Crippen molar-refractivity contribution in [3.8, 4) is 5.75 Å². The lowest BCUT2D eigenvalue weighted by molar-refractivity contribution is 0.0927. The molecule has 1 amide bonds. The van der Waals surface area contributed by atoms with Crippen LogP contribution in [0.5, 0.6) is 5.75 Å². The summed E-state index contributed by atoms with van der Waals surface area (Å²) < 4.78 is 33.0. The molecule has 0 aromatic heterocycles. The SMILES string of the molecule is CCOc1ccc(NS(=O)(=O)c2ccc(C(=O)NC3CCCCC3)cc2)cc1. The fourth-order valence-corrected chi connectivity index (χ4v) is 4.36. The second kappa shape index (κ2) is 9.10. The number of hydrogen-bond acceptors (Lipinski definition) is 4. The molecular weight excluding hydrogens is 376 g/mol. The van der Waals surface area contributed by atoms with E-state index in [1.165, 1.54) is 18.6 Å². The highest BCUT2D eigenvalue weighted by Gasteiger charge is 2.18. The van der Waals surface area contributed by atoms with Crippen molar-refractivity contribution < 1.29 is 17.9 Å². The van der Waals surface area contributed by atoms with Crippen LogP contribution in [0.15, 0.2) is 53.4 Å². The molecule has 1 saturated carbocycles. The quantitative estimate of drug-likeness (QED) is 0.734. The van der Waals surface area contributed by atoms with Gasteiger partial charge < -0.3 is 10.1 Å². The van der Waals surface area contributed by atoms with Gasteiger partial charge in [0.25, 0.3) is 15.9 Å². The number of carbonyl (C=O) groups excluding carboxylic acids is 1. The molecule has 1 aliphatic rings. The van der Waals surface area contributed by atoms with Crippen molar-refractivity contribution >= 4 is 21.6 Å². The molecular formula is C21H26N2O4S. The third kappa shape index (κ3) is 5.25. The second-order valence-corrected chi connectivity index (χ2v) is 8.58. The lowest BCUT2D eigenvalue weighted by Crippen LogP contribution is -2.36. The molecule has 150 valence electrons. The summed E-state index contributed by atoms with van der Waals surface area (Å²) in [6.45, 7) is 2.43. The largest absolute Gasteiger partial charge is 0.494 e. The molecule has 2 N–H and O–H groups in total. The molecule has 1 aliphatic carbocycles. The van der Waals surface area contributed by atoms with Gasteiger partial charge in [0.05, 0.1) is 11.5 Å². The summed E-state index contributed by atoms with van der Waals surface area (Å²) in [6, 6.07) is 12.9. The zero-order valence-electron chi connectivity index (χ0n) is 16.0. The normalized spacial score (nSPS) is 15.0. The maximum absolute atomic E-state index is 12.6. The lowest BCUT2D eigenvalue weighted by Gasteiger charge is -2.22. The first-order chi connectivity index (χ1) is 13.5. The van der Waals surface area contributed by atoms with Crippen molar-refractivity contribution in [1.29, 1.82) is 0 Å². The molecule has 0 unspecified atom stereocenters. The van der Waals surface area contributed by atoms with E-state index < -0.39 is 10.0 Å². The van der Waals surface area contributed by atoms with Crippen LogP contribution in [0.25, 0.3) is 0 Å². The number of amides is 1. The third-order valence-corrected chi connectivity index (χ3v) is 6.18. The molecule has 0 atom stereocenters. The molecule has 0 bridgehead atoms. The van der Waals surface area contributed by atoms with Gasteiger partial charge in [0.1, 0.15) is 5.75 Å². The molecule has 1 fully saturated rings. The first-order valence-corrected chi connectivity index (χ1v) is 11.1. The predicted molar refractivity (Wildman–Crippen MR) is 109 cm³/mol. The summed E-state index contributed by atoms with van der Waals surface area (Å²) in [7, 11) is -3.73. The lowest BCUT2D eigenvalue weighted by atomic mass is 9.95. The Morgan fingerprint density at radius 3 is 2.25 bits per heavy atom. The van der Waals surface area contributed by atoms with Crippen molar-refractivity contribution in [2.24, 2.45) is 0 Å². The Kier molecular flexibility index (Phi) is 6.57. The van der Waals surface area contributed by atoms with Crippen LogP contribution in [-0.4, -0.2) is 27.0 Å². The zero-order valence-corrected chi connectivity index (χ0v) is 16.8. The van der Waals surface area contributed by atoms with Gasteiger partial charge in [-0.2, -0.15) is 0 Å². The number of rotatable bonds is 7. The van der Waals surface area contributed by atoms with Gasteiger partial charge in [-0.3, -0.25) is 9.52 Å². The summed E-state index contributed by atoms with van der Waals surface area (Å²) in [6.07, 6.45) is 5.51. The highest BCUT2D eigenvalue weighted by molar-refractivity contribution is 7.92. The number of hydrogen-bond donors (Lipinski definition) is 2. The number of carbonyl (C=O) groups is 1. The van der Waals surface area contributed by atoms with Crippen molar-refractivity contribution in [2.75, 3.05) is 11.3 Å². The van der Waals surface area contributed by atoms with Crippen molar-refractivity contribution in [1.82, 2.24) is 5.32 Å². The van der Waals surface area contributed by atoms with Gasteiger partial charge in [0, 0.05) is 17.3 Å². The fourth-order valence-electron chi connectivity index (χ4n) is 3.30. The Labute approximate surface area is 166 Å². The van der Waals surface area contributed by atoms with E-state index in [4.69, 9.17) is 4.74 Å². The van der Waals surface area contributed by atoms with E-state index in [9.17, 15) is 13.2 Å². The minimum atomic E-state index is -3.73. The fraction of sp³-hybridized carbons (Fsp3) is 0.381. The summed E-state index contributed by atoms with van der Waals surface area (Å²) in [5.74, 6) is 0.522. The van der Waals surface area contributed by atoms with E-state index in [1.807, 2.05) is 6.92 Å². The van der Waals surface area contributed by atoms with Crippen LogP contribution in [0.3, 0.4) is 0 Å². The minimum absolute atomic E-state index is 0.107. The van der Waals surface area contributed by atoms with Crippen LogP contribution in [0.2, 0.25) is 0 Å². The van der Waals surface area contributed by atoms with E-state index in [-0.39, 0.29) is 16.8 Å². The van der Waals surface area contributed by atoms with Gasteiger partial charge in [-0.05, 0) is 68.3 Å². The van der Waals surface area contributed by atoms with Crippen LogP contribution < -0.4 is 14.8 Å². The molecule has 0 radical (unpaired) electrons. The average molecular weight is 403 g/mol. The van der Waals surface area contributed by atoms with Gasteiger partial charge in [0.2, 0.25) is 0 Å². The highest BCUT2D eigenvalue weighted by Crippen LogP contribution is 2.21. The number of sulfonamides is 1. The molecule has 7 heteroatoms. The molecule has 28 heavy (non-hydrogen) atoms. The molecule has 2 aromatic rings. The van der Waals surface area contributed by atoms with E-state index in [0.29, 0.717) is 23.6 Å². The summed E-state index contributed by atoms with van der Waals surface area (Å²) in [4.78, 5) is 12.5. The molecule has 0 heterocycles. The first-order valence-electron chi connectivity index (χ1n) is 9.64. The topological polar surface area (TPSA) is 84.5 Å².